The third-order valence-electron chi connectivity index (χ3n) is 4.34. The summed E-state index contributed by atoms with van der Waals surface area (Å²) < 4.78 is 11.5. The first kappa shape index (κ1) is 18.0. The summed E-state index contributed by atoms with van der Waals surface area (Å²) in [4.78, 5) is 13.8. The maximum absolute atomic E-state index is 12.5. The number of carbonyl (C=O) groups excluding carboxylic acids is 1. The number of aromatic nitrogens is 4. The van der Waals surface area contributed by atoms with Crippen LogP contribution >= 0.6 is 0 Å². The van der Waals surface area contributed by atoms with E-state index in [2.05, 4.69) is 20.7 Å². The van der Waals surface area contributed by atoms with Crippen LogP contribution in [-0.4, -0.2) is 38.8 Å². The first-order valence-electron chi connectivity index (χ1n) is 9.22. The van der Waals surface area contributed by atoms with Gasteiger partial charge in [0.05, 0.1) is 12.3 Å². The van der Waals surface area contributed by atoms with E-state index in [0.29, 0.717) is 23.9 Å². The first-order chi connectivity index (χ1) is 13.6. The maximum Gasteiger partial charge on any atom is 0.248 e. The first-order valence-corrected chi connectivity index (χ1v) is 9.22. The Labute approximate surface area is 162 Å². The summed E-state index contributed by atoms with van der Waals surface area (Å²) >= 11 is 0. The lowest BCUT2D eigenvalue weighted by molar-refractivity contribution is -0.117. The van der Waals surface area contributed by atoms with Gasteiger partial charge >= 0.3 is 0 Å². The van der Waals surface area contributed by atoms with Crippen molar-refractivity contribution in [1.29, 1.82) is 0 Å². The normalized spacial score (nSPS) is 15.0. The van der Waals surface area contributed by atoms with Gasteiger partial charge in [-0.15, -0.1) is 10.2 Å². The predicted octanol–water partition coefficient (Wildman–Crippen LogP) is 2.70. The molecule has 0 saturated heterocycles. The SMILES string of the molecule is CCOc1cc2c(cc1NC(=O)Cn1nnc(-c3ccccc3)n1)OC(C)C2. The van der Waals surface area contributed by atoms with Crippen molar-refractivity contribution >= 4 is 11.6 Å². The minimum Gasteiger partial charge on any atom is -0.492 e. The van der Waals surface area contributed by atoms with E-state index in [1.807, 2.05) is 56.3 Å². The largest absolute Gasteiger partial charge is 0.492 e. The molecule has 1 atom stereocenters. The fraction of sp³-hybridized carbons (Fsp3) is 0.300. The highest BCUT2D eigenvalue weighted by atomic mass is 16.5. The molecule has 1 amide bonds. The Hall–Kier alpha value is -3.42. The number of nitrogens with zero attached hydrogens (tertiary/aromatic N) is 4. The molecular weight excluding hydrogens is 358 g/mol. The second-order valence-corrected chi connectivity index (χ2v) is 6.58. The number of rotatable bonds is 6. The molecule has 2 aromatic carbocycles. The van der Waals surface area contributed by atoms with Crippen molar-refractivity contribution in [3.63, 3.8) is 0 Å². The van der Waals surface area contributed by atoms with Gasteiger partial charge in [0.2, 0.25) is 11.7 Å². The van der Waals surface area contributed by atoms with Crippen LogP contribution in [0.5, 0.6) is 11.5 Å². The van der Waals surface area contributed by atoms with E-state index in [9.17, 15) is 4.79 Å². The summed E-state index contributed by atoms with van der Waals surface area (Å²) in [7, 11) is 0. The van der Waals surface area contributed by atoms with Gasteiger partial charge in [-0.1, -0.05) is 30.3 Å². The van der Waals surface area contributed by atoms with Crippen LogP contribution in [0.4, 0.5) is 5.69 Å². The van der Waals surface area contributed by atoms with E-state index in [1.54, 1.807) is 0 Å². The summed E-state index contributed by atoms with van der Waals surface area (Å²) in [6.07, 6.45) is 0.945. The van der Waals surface area contributed by atoms with E-state index in [1.165, 1.54) is 4.80 Å². The minimum absolute atomic E-state index is 0.0558. The van der Waals surface area contributed by atoms with Crippen molar-refractivity contribution in [3.05, 3.63) is 48.0 Å². The topological polar surface area (TPSA) is 91.2 Å². The molecule has 1 aliphatic heterocycles. The summed E-state index contributed by atoms with van der Waals surface area (Å²) in [6, 6.07) is 13.2. The lowest BCUT2D eigenvalue weighted by Gasteiger charge is -2.13. The molecular formula is C20H21N5O3. The molecule has 1 aliphatic rings. The minimum atomic E-state index is -0.274. The fourth-order valence-corrected chi connectivity index (χ4v) is 3.14. The number of carbonyl (C=O) groups is 1. The highest BCUT2D eigenvalue weighted by Gasteiger charge is 2.22. The number of nitrogens with one attached hydrogen (secondary N) is 1. The van der Waals surface area contributed by atoms with E-state index in [0.717, 1.165) is 23.3 Å². The molecule has 0 fully saturated rings. The van der Waals surface area contributed by atoms with Crippen molar-refractivity contribution in [2.75, 3.05) is 11.9 Å². The summed E-state index contributed by atoms with van der Waals surface area (Å²) in [5, 5.41) is 15.1. The van der Waals surface area contributed by atoms with Crippen LogP contribution in [0.25, 0.3) is 11.4 Å². The van der Waals surface area contributed by atoms with E-state index in [-0.39, 0.29) is 18.6 Å². The Morgan fingerprint density at radius 2 is 2.14 bits per heavy atom. The van der Waals surface area contributed by atoms with Crippen LogP contribution in [0.1, 0.15) is 19.4 Å². The average molecular weight is 379 g/mol. The van der Waals surface area contributed by atoms with Crippen molar-refractivity contribution < 1.29 is 14.3 Å². The zero-order chi connectivity index (χ0) is 19.5. The van der Waals surface area contributed by atoms with Crippen molar-refractivity contribution in [2.24, 2.45) is 0 Å². The summed E-state index contributed by atoms with van der Waals surface area (Å²) in [5.74, 6) is 1.60. The molecule has 1 aromatic heterocycles. The number of amides is 1. The highest BCUT2D eigenvalue weighted by molar-refractivity contribution is 5.92. The van der Waals surface area contributed by atoms with E-state index in [4.69, 9.17) is 9.47 Å². The Kier molecular flexibility index (Phi) is 4.92. The average Bonchev–Trinajstić information content (AvgIpc) is 3.28. The Balaban J connectivity index is 1.48. The van der Waals surface area contributed by atoms with Crippen molar-refractivity contribution in [1.82, 2.24) is 20.2 Å². The van der Waals surface area contributed by atoms with Crippen LogP contribution in [0.3, 0.4) is 0 Å². The van der Waals surface area contributed by atoms with Gasteiger partial charge in [-0.05, 0) is 25.1 Å². The standard InChI is InChI=1S/C20H21N5O3/c1-3-27-18-10-15-9-13(2)28-17(15)11-16(18)21-19(26)12-25-23-20(22-24-25)14-7-5-4-6-8-14/h4-8,10-11,13H,3,9,12H2,1-2H3,(H,21,26). The smallest absolute Gasteiger partial charge is 0.248 e. The van der Waals surface area contributed by atoms with Gasteiger partial charge in [0.15, 0.2) is 0 Å². The molecule has 0 spiro atoms. The number of hydrogen-bond donors (Lipinski definition) is 1. The molecule has 8 nitrogen and oxygen atoms in total. The molecule has 8 heteroatoms. The number of hydrogen-bond acceptors (Lipinski definition) is 6. The molecule has 1 N–H and O–H groups in total. The van der Waals surface area contributed by atoms with E-state index >= 15 is 0 Å². The lowest BCUT2D eigenvalue weighted by atomic mass is 10.1. The number of fused-ring (bicyclic) bond motifs is 1. The van der Waals surface area contributed by atoms with Crippen molar-refractivity contribution in [3.8, 4) is 22.9 Å². The molecule has 0 bridgehead atoms. The third kappa shape index (κ3) is 3.80. The van der Waals surface area contributed by atoms with Gasteiger partial charge < -0.3 is 14.8 Å². The Morgan fingerprint density at radius 3 is 2.93 bits per heavy atom. The quantitative estimate of drug-likeness (QED) is 0.708. The molecule has 0 aliphatic carbocycles. The van der Waals surface area contributed by atoms with E-state index < -0.39 is 0 Å². The monoisotopic (exact) mass is 379 g/mol. The van der Waals surface area contributed by atoms with Gasteiger partial charge in [-0.3, -0.25) is 4.79 Å². The lowest BCUT2D eigenvalue weighted by Crippen LogP contribution is -2.21. The molecule has 3 aromatic rings. The Bertz CT molecular complexity index is 987. The van der Waals surface area contributed by atoms with Gasteiger partial charge in [0.25, 0.3) is 0 Å². The molecule has 1 unspecified atom stereocenters. The Morgan fingerprint density at radius 1 is 1.32 bits per heavy atom. The molecule has 0 radical (unpaired) electrons. The summed E-state index contributed by atoms with van der Waals surface area (Å²) in [6.45, 7) is 4.37. The fourth-order valence-electron chi connectivity index (χ4n) is 3.14. The van der Waals surface area contributed by atoms with Crippen LogP contribution in [-0.2, 0) is 17.8 Å². The highest BCUT2D eigenvalue weighted by Crippen LogP contribution is 2.38. The van der Waals surface area contributed by atoms with Gasteiger partial charge in [-0.2, -0.15) is 4.80 Å². The number of tetrazole rings is 1. The second kappa shape index (κ2) is 7.67. The zero-order valence-electron chi connectivity index (χ0n) is 15.8. The zero-order valence-corrected chi connectivity index (χ0v) is 15.8. The molecule has 4 rings (SSSR count). The predicted molar refractivity (Wildman–Crippen MR) is 103 cm³/mol. The van der Waals surface area contributed by atoms with Crippen molar-refractivity contribution in [2.45, 2.75) is 32.9 Å². The van der Waals surface area contributed by atoms with Gasteiger partial charge in [-0.25, -0.2) is 0 Å². The number of ether oxygens (including phenoxy) is 2. The summed E-state index contributed by atoms with van der Waals surface area (Å²) in [5.41, 5.74) is 2.50. The second-order valence-electron chi connectivity index (χ2n) is 6.58. The van der Waals surface area contributed by atoms with Crippen LogP contribution in [0.15, 0.2) is 42.5 Å². The molecule has 2 heterocycles. The maximum atomic E-state index is 12.5. The molecule has 144 valence electrons. The molecule has 0 saturated carbocycles. The van der Waals surface area contributed by atoms with Gasteiger partial charge in [0, 0.05) is 23.6 Å². The number of anilines is 1. The third-order valence-corrected chi connectivity index (χ3v) is 4.34. The number of benzene rings is 2. The van der Waals surface area contributed by atoms with Gasteiger partial charge in [0.1, 0.15) is 24.1 Å². The van der Waals surface area contributed by atoms with Crippen LogP contribution in [0.2, 0.25) is 0 Å². The molecule has 28 heavy (non-hydrogen) atoms. The van der Waals surface area contributed by atoms with Crippen LogP contribution in [0, 0.1) is 0 Å². The van der Waals surface area contributed by atoms with Crippen LogP contribution < -0.4 is 14.8 Å².